The number of fused-ring (bicyclic) bond motifs is 1. The predicted molar refractivity (Wildman–Crippen MR) is 113 cm³/mol. The van der Waals surface area contributed by atoms with Crippen molar-refractivity contribution in [3.05, 3.63) is 64.7 Å². The molecule has 0 saturated heterocycles. The average Bonchev–Trinajstić information content (AvgIpc) is 2.76. The zero-order chi connectivity index (χ0) is 20.8. The molecule has 6 heteroatoms. The highest BCUT2D eigenvalue weighted by Crippen LogP contribution is 2.24. The van der Waals surface area contributed by atoms with Crippen molar-refractivity contribution in [1.82, 2.24) is 5.32 Å². The highest BCUT2D eigenvalue weighted by Gasteiger charge is 2.18. The van der Waals surface area contributed by atoms with E-state index in [1.54, 1.807) is 31.2 Å². The van der Waals surface area contributed by atoms with Crippen LogP contribution in [0.4, 0.5) is 0 Å². The van der Waals surface area contributed by atoms with Gasteiger partial charge in [0.2, 0.25) is 0 Å². The van der Waals surface area contributed by atoms with Crippen LogP contribution < -0.4 is 5.32 Å². The molecule has 0 spiro atoms. The van der Waals surface area contributed by atoms with Crippen LogP contribution in [0.2, 0.25) is 0 Å². The molecule has 2 aromatic rings. The lowest BCUT2D eigenvalue weighted by molar-refractivity contribution is -0.124. The number of carbonyl (C=O) groups is 2. The minimum absolute atomic E-state index is 0.173. The number of amides is 1. The van der Waals surface area contributed by atoms with Gasteiger partial charge in [-0.1, -0.05) is 37.3 Å². The van der Waals surface area contributed by atoms with Crippen molar-refractivity contribution in [3.8, 4) is 0 Å². The summed E-state index contributed by atoms with van der Waals surface area (Å²) in [5.74, 6) is -0.597. The van der Waals surface area contributed by atoms with Crippen molar-refractivity contribution in [1.29, 1.82) is 0 Å². The first-order chi connectivity index (χ1) is 14.0. The zero-order valence-electron chi connectivity index (χ0n) is 16.9. The Morgan fingerprint density at radius 3 is 2.59 bits per heavy atom. The number of aryl methyl sites for hydroxylation is 2. The Balaban J connectivity index is 1.57. The second kappa shape index (κ2) is 9.83. The van der Waals surface area contributed by atoms with E-state index >= 15 is 0 Å². The van der Waals surface area contributed by atoms with Crippen molar-refractivity contribution in [2.75, 3.05) is 12.4 Å². The molecule has 1 amide bonds. The summed E-state index contributed by atoms with van der Waals surface area (Å²) in [7, 11) is -1.27. The normalized spacial score (nSPS) is 15.1. The van der Waals surface area contributed by atoms with Crippen LogP contribution in [0.15, 0.2) is 47.4 Å². The number of esters is 1. The van der Waals surface area contributed by atoms with E-state index in [0.717, 1.165) is 18.4 Å². The molecule has 0 saturated carbocycles. The summed E-state index contributed by atoms with van der Waals surface area (Å²) in [5.41, 5.74) is 4.05. The summed E-state index contributed by atoms with van der Waals surface area (Å²) in [6.07, 6.45) is 4.65. The van der Waals surface area contributed by atoms with E-state index < -0.39 is 16.8 Å². The maximum Gasteiger partial charge on any atom is 0.339 e. The molecule has 154 valence electrons. The van der Waals surface area contributed by atoms with Gasteiger partial charge in [-0.05, 0) is 61.4 Å². The number of ether oxygens (including phenoxy) is 1. The van der Waals surface area contributed by atoms with Gasteiger partial charge in [-0.2, -0.15) is 0 Å². The molecule has 0 radical (unpaired) electrons. The molecular weight excluding hydrogens is 386 g/mol. The third kappa shape index (κ3) is 5.32. The van der Waals surface area contributed by atoms with Gasteiger partial charge in [-0.3, -0.25) is 9.00 Å². The van der Waals surface area contributed by atoms with Crippen LogP contribution >= 0.6 is 0 Å². The van der Waals surface area contributed by atoms with Crippen molar-refractivity contribution in [2.24, 2.45) is 0 Å². The fourth-order valence-electron chi connectivity index (χ4n) is 3.59. The van der Waals surface area contributed by atoms with E-state index in [1.807, 2.05) is 6.92 Å². The Morgan fingerprint density at radius 2 is 1.83 bits per heavy atom. The molecule has 2 unspecified atom stereocenters. The molecule has 2 atom stereocenters. The number of rotatable bonds is 7. The van der Waals surface area contributed by atoms with Crippen molar-refractivity contribution in [2.45, 2.75) is 50.5 Å². The standard InChI is InChI=1S/C23H27NO4S/c1-3-29(27)21-11-7-6-10-20(21)23(26)28-15-22(25)24-16(2)18-13-12-17-8-4-5-9-19(17)14-18/h6-7,10-14,16H,3-5,8-9,15H2,1-2H3,(H,24,25). The van der Waals surface area contributed by atoms with E-state index in [0.29, 0.717) is 10.6 Å². The Kier molecular flexibility index (Phi) is 7.20. The monoisotopic (exact) mass is 413 g/mol. The number of carbonyl (C=O) groups excluding carboxylic acids is 2. The lowest BCUT2D eigenvalue weighted by Crippen LogP contribution is -2.31. The molecule has 0 aliphatic heterocycles. The van der Waals surface area contributed by atoms with E-state index in [4.69, 9.17) is 4.74 Å². The number of benzene rings is 2. The first-order valence-electron chi connectivity index (χ1n) is 10.0. The minimum Gasteiger partial charge on any atom is -0.452 e. The van der Waals surface area contributed by atoms with Crippen molar-refractivity contribution >= 4 is 22.7 Å². The molecule has 1 aliphatic rings. The zero-order valence-corrected chi connectivity index (χ0v) is 17.7. The molecule has 5 nitrogen and oxygen atoms in total. The summed E-state index contributed by atoms with van der Waals surface area (Å²) >= 11 is 0. The smallest absolute Gasteiger partial charge is 0.339 e. The molecular formula is C23H27NO4S. The number of hydrogen-bond acceptors (Lipinski definition) is 4. The first-order valence-corrected chi connectivity index (χ1v) is 11.4. The highest BCUT2D eigenvalue weighted by molar-refractivity contribution is 7.85. The lowest BCUT2D eigenvalue weighted by Gasteiger charge is -2.20. The quantitative estimate of drug-likeness (QED) is 0.702. The van der Waals surface area contributed by atoms with Gasteiger partial charge in [-0.15, -0.1) is 0 Å². The second-order valence-electron chi connectivity index (χ2n) is 7.23. The topological polar surface area (TPSA) is 72.5 Å². The van der Waals surface area contributed by atoms with Crippen molar-refractivity contribution in [3.63, 3.8) is 0 Å². The maximum atomic E-state index is 12.4. The SMILES string of the molecule is CCS(=O)c1ccccc1C(=O)OCC(=O)NC(C)c1ccc2c(c1)CCCC2. The summed E-state index contributed by atoms with van der Waals surface area (Å²) < 4.78 is 17.3. The van der Waals surface area contributed by atoms with Crippen LogP contribution in [0.1, 0.15) is 59.8 Å². The van der Waals surface area contributed by atoms with E-state index in [2.05, 4.69) is 23.5 Å². The van der Waals surface area contributed by atoms with Crippen LogP contribution in [-0.2, 0) is 33.2 Å². The van der Waals surface area contributed by atoms with Gasteiger partial charge in [0.05, 0.1) is 27.3 Å². The Bertz CT molecular complexity index is 925. The molecule has 0 fully saturated rings. The summed E-state index contributed by atoms with van der Waals surface area (Å²) in [5, 5.41) is 2.88. The van der Waals surface area contributed by atoms with Gasteiger partial charge in [0.15, 0.2) is 6.61 Å². The van der Waals surface area contributed by atoms with Gasteiger partial charge in [0.1, 0.15) is 0 Å². The third-order valence-corrected chi connectivity index (χ3v) is 6.57. The van der Waals surface area contributed by atoms with Crippen LogP contribution in [0.3, 0.4) is 0 Å². The maximum absolute atomic E-state index is 12.4. The van der Waals surface area contributed by atoms with E-state index in [-0.39, 0.29) is 24.1 Å². The van der Waals surface area contributed by atoms with Gasteiger partial charge >= 0.3 is 5.97 Å². The molecule has 1 N–H and O–H groups in total. The second-order valence-corrected chi connectivity index (χ2v) is 8.94. The van der Waals surface area contributed by atoms with Gasteiger partial charge in [-0.25, -0.2) is 4.79 Å². The fraction of sp³-hybridized carbons (Fsp3) is 0.391. The van der Waals surface area contributed by atoms with Crippen LogP contribution in [0, 0.1) is 0 Å². The first kappa shape index (κ1) is 21.2. The Morgan fingerprint density at radius 1 is 1.10 bits per heavy atom. The molecule has 0 aromatic heterocycles. The average molecular weight is 414 g/mol. The van der Waals surface area contributed by atoms with Crippen LogP contribution in [-0.4, -0.2) is 28.4 Å². The third-order valence-electron chi connectivity index (χ3n) is 5.20. The highest BCUT2D eigenvalue weighted by atomic mass is 32.2. The number of nitrogens with one attached hydrogen (secondary N) is 1. The summed E-state index contributed by atoms with van der Waals surface area (Å²) in [6.45, 7) is 3.33. The van der Waals surface area contributed by atoms with Gasteiger partial charge < -0.3 is 10.1 Å². The number of hydrogen-bond donors (Lipinski definition) is 1. The van der Waals surface area contributed by atoms with Crippen LogP contribution in [0.25, 0.3) is 0 Å². The minimum atomic E-state index is -1.27. The Labute approximate surface area is 174 Å². The van der Waals surface area contributed by atoms with E-state index in [1.165, 1.54) is 24.0 Å². The lowest BCUT2D eigenvalue weighted by atomic mass is 9.89. The predicted octanol–water partition coefficient (Wildman–Crippen LogP) is 3.73. The molecule has 0 heterocycles. The van der Waals surface area contributed by atoms with Gasteiger partial charge in [0, 0.05) is 5.75 Å². The summed E-state index contributed by atoms with van der Waals surface area (Å²) in [4.78, 5) is 25.1. The fourth-order valence-corrected chi connectivity index (χ4v) is 4.53. The van der Waals surface area contributed by atoms with E-state index in [9.17, 15) is 13.8 Å². The summed E-state index contributed by atoms with van der Waals surface area (Å²) in [6, 6.07) is 12.8. The van der Waals surface area contributed by atoms with Crippen LogP contribution in [0.5, 0.6) is 0 Å². The molecule has 1 aliphatic carbocycles. The molecule has 2 aromatic carbocycles. The van der Waals surface area contributed by atoms with Crippen molar-refractivity contribution < 1.29 is 18.5 Å². The molecule has 0 bridgehead atoms. The molecule has 3 rings (SSSR count). The Hall–Kier alpha value is -2.47. The largest absolute Gasteiger partial charge is 0.452 e. The van der Waals surface area contributed by atoms with Gasteiger partial charge in [0.25, 0.3) is 5.91 Å². The molecule has 29 heavy (non-hydrogen) atoms.